The number of rotatable bonds is 4. The molecule has 0 N–H and O–H groups in total. The van der Waals surface area contributed by atoms with Crippen LogP contribution in [0.25, 0.3) is 0 Å². The fourth-order valence-electron chi connectivity index (χ4n) is 2.79. The van der Waals surface area contributed by atoms with E-state index in [1.807, 2.05) is 0 Å². The van der Waals surface area contributed by atoms with Crippen LogP contribution in [0.5, 0.6) is 0 Å². The molecule has 1 aromatic rings. The van der Waals surface area contributed by atoms with Crippen LogP contribution in [0, 0.1) is 0 Å². The van der Waals surface area contributed by atoms with E-state index in [4.69, 9.17) is 0 Å². The third-order valence-corrected chi connectivity index (χ3v) is 3.77. The van der Waals surface area contributed by atoms with Crippen molar-refractivity contribution in [2.75, 3.05) is 7.11 Å². The summed E-state index contributed by atoms with van der Waals surface area (Å²) in [6, 6.07) is 0. The average Bonchev–Trinajstić information content (AvgIpc) is 2.75. The molecule has 1 atom stereocenters. The van der Waals surface area contributed by atoms with Crippen molar-refractivity contribution in [1.82, 2.24) is 9.78 Å². The average molecular weight is 366 g/mol. The maximum atomic E-state index is 13.9. The number of alkyl halides is 8. The van der Waals surface area contributed by atoms with Gasteiger partial charge in [-0.15, -0.1) is 0 Å². The summed E-state index contributed by atoms with van der Waals surface area (Å²) in [6.45, 7) is -0.445. The Morgan fingerprint density at radius 3 is 2.33 bits per heavy atom. The number of hydrogen-bond donors (Lipinski definition) is 0. The van der Waals surface area contributed by atoms with Crippen molar-refractivity contribution < 1.29 is 39.9 Å². The van der Waals surface area contributed by atoms with Crippen LogP contribution in [0.1, 0.15) is 42.3 Å². The zero-order valence-corrected chi connectivity index (χ0v) is 12.4. The maximum absolute atomic E-state index is 13.9. The van der Waals surface area contributed by atoms with Crippen LogP contribution in [0.2, 0.25) is 0 Å². The summed E-state index contributed by atoms with van der Waals surface area (Å²) in [7, 11) is 0.856. The van der Waals surface area contributed by atoms with E-state index >= 15 is 0 Å². The quantitative estimate of drug-likeness (QED) is 0.733. The molecule has 0 spiro atoms. The van der Waals surface area contributed by atoms with Crippen LogP contribution in [0.15, 0.2) is 0 Å². The summed E-state index contributed by atoms with van der Waals surface area (Å²) in [6.07, 6.45) is -14.5. The number of aromatic nitrogens is 2. The van der Waals surface area contributed by atoms with Crippen molar-refractivity contribution in [2.45, 2.75) is 56.6 Å². The third-order valence-electron chi connectivity index (χ3n) is 3.77. The molecule has 1 aliphatic rings. The van der Waals surface area contributed by atoms with E-state index in [9.17, 15) is 35.1 Å². The van der Waals surface area contributed by atoms with Gasteiger partial charge in [-0.05, 0) is 12.8 Å². The molecule has 1 unspecified atom stereocenters. The zero-order valence-electron chi connectivity index (χ0n) is 12.4. The smallest absolute Gasteiger partial charge is 0.370 e. The minimum absolute atomic E-state index is 0.151. The van der Waals surface area contributed by atoms with Crippen molar-refractivity contribution in [2.24, 2.45) is 0 Å². The summed E-state index contributed by atoms with van der Waals surface area (Å²) in [4.78, 5) is 0. The first-order chi connectivity index (χ1) is 10.9. The van der Waals surface area contributed by atoms with Crippen molar-refractivity contribution in [3.63, 3.8) is 0 Å². The largest absolute Gasteiger partial charge is 0.435 e. The van der Waals surface area contributed by atoms with Gasteiger partial charge in [-0.1, -0.05) is 0 Å². The zero-order chi connectivity index (χ0) is 18.3. The van der Waals surface area contributed by atoms with Crippen LogP contribution in [-0.2, 0) is 23.9 Å². The Balaban J connectivity index is 2.40. The maximum Gasteiger partial charge on any atom is 0.435 e. The Hall–Kier alpha value is -1.39. The van der Waals surface area contributed by atoms with E-state index in [1.165, 1.54) is 0 Å². The second-order valence-electron chi connectivity index (χ2n) is 5.53. The standard InChI is InChI=1S/C13H14F8N2O/c1-24-10-8-7(3-5-11(10,14)15)23(6-2-4-12(16,17)18)22-9(8)13(19,20)21/h10H,2-6H2,1H3. The Kier molecular flexibility index (Phi) is 4.86. The molecule has 0 amide bonds. The van der Waals surface area contributed by atoms with E-state index in [0.717, 1.165) is 11.8 Å². The molecule has 0 saturated heterocycles. The minimum atomic E-state index is -5.01. The molecule has 1 heterocycles. The summed E-state index contributed by atoms with van der Waals surface area (Å²) in [5, 5.41) is 3.26. The van der Waals surface area contributed by atoms with Gasteiger partial charge in [0, 0.05) is 37.8 Å². The third kappa shape index (κ3) is 3.81. The van der Waals surface area contributed by atoms with Crippen LogP contribution in [0.4, 0.5) is 35.1 Å². The van der Waals surface area contributed by atoms with Gasteiger partial charge >= 0.3 is 12.4 Å². The van der Waals surface area contributed by atoms with E-state index < -0.39 is 67.9 Å². The van der Waals surface area contributed by atoms with Gasteiger partial charge in [0.15, 0.2) is 5.69 Å². The first kappa shape index (κ1) is 18.9. The second kappa shape index (κ2) is 6.16. The molecule has 138 valence electrons. The number of aryl methyl sites for hydroxylation is 1. The molecule has 11 heteroatoms. The Labute approximate surface area is 131 Å². The fraction of sp³-hybridized carbons (Fsp3) is 0.769. The number of ether oxygens (including phenoxy) is 1. The fourth-order valence-corrected chi connectivity index (χ4v) is 2.79. The number of methoxy groups -OCH3 is 1. The van der Waals surface area contributed by atoms with Gasteiger partial charge in [0.05, 0.1) is 0 Å². The molecule has 1 aliphatic carbocycles. The Bertz CT molecular complexity index is 590. The normalized spacial score (nSPS) is 21.0. The predicted molar refractivity (Wildman–Crippen MR) is 65.5 cm³/mol. The van der Waals surface area contributed by atoms with Gasteiger partial charge in [-0.2, -0.15) is 31.4 Å². The summed E-state index contributed by atoms with van der Waals surface area (Å²) in [5.41, 5.74) is -2.47. The lowest BCUT2D eigenvalue weighted by molar-refractivity contribution is -0.155. The first-order valence-corrected chi connectivity index (χ1v) is 7.01. The summed E-state index contributed by atoms with van der Waals surface area (Å²) < 4.78 is 109. The molecule has 0 aromatic carbocycles. The Morgan fingerprint density at radius 1 is 1.21 bits per heavy atom. The van der Waals surface area contributed by atoms with E-state index in [1.54, 1.807) is 0 Å². The predicted octanol–water partition coefficient (Wildman–Crippen LogP) is 4.51. The highest BCUT2D eigenvalue weighted by Crippen LogP contribution is 2.48. The molecule has 0 aliphatic heterocycles. The summed E-state index contributed by atoms with van der Waals surface area (Å²) >= 11 is 0. The van der Waals surface area contributed by atoms with Gasteiger partial charge in [0.2, 0.25) is 0 Å². The number of nitrogens with zero attached hydrogens (tertiary/aromatic N) is 2. The van der Waals surface area contributed by atoms with Crippen molar-refractivity contribution >= 4 is 0 Å². The van der Waals surface area contributed by atoms with Gasteiger partial charge in [-0.3, -0.25) is 4.68 Å². The van der Waals surface area contributed by atoms with Crippen molar-refractivity contribution in [3.8, 4) is 0 Å². The lowest BCUT2D eigenvalue weighted by Crippen LogP contribution is -2.34. The van der Waals surface area contributed by atoms with Gasteiger partial charge in [-0.25, -0.2) is 8.78 Å². The van der Waals surface area contributed by atoms with Crippen molar-refractivity contribution in [3.05, 3.63) is 17.0 Å². The molecule has 2 rings (SSSR count). The van der Waals surface area contributed by atoms with E-state index in [0.29, 0.717) is 0 Å². The second-order valence-corrected chi connectivity index (χ2v) is 5.53. The lowest BCUT2D eigenvalue weighted by atomic mass is 9.89. The highest BCUT2D eigenvalue weighted by molar-refractivity contribution is 5.35. The van der Waals surface area contributed by atoms with E-state index in [-0.39, 0.29) is 5.69 Å². The van der Waals surface area contributed by atoms with Crippen LogP contribution < -0.4 is 0 Å². The molecule has 3 nitrogen and oxygen atoms in total. The minimum Gasteiger partial charge on any atom is -0.370 e. The van der Waals surface area contributed by atoms with Gasteiger partial charge in [0.25, 0.3) is 5.92 Å². The van der Waals surface area contributed by atoms with Crippen LogP contribution >= 0.6 is 0 Å². The number of fused-ring (bicyclic) bond motifs is 1. The highest BCUT2D eigenvalue weighted by atomic mass is 19.4. The van der Waals surface area contributed by atoms with Crippen LogP contribution in [-0.4, -0.2) is 29.0 Å². The summed E-state index contributed by atoms with van der Waals surface area (Å²) in [5.74, 6) is -3.51. The molecular formula is C13H14F8N2O. The molecule has 0 radical (unpaired) electrons. The van der Waals surface area contributed by atoms with Crippen molar-refractivity contribution in [1.29, 1.82) is 0 Å². The number of hydrogen-bond acceptors (Lipinski definition) is 2. The first-order valence-electron chi connectivity index (χ1n) is 7.01. The molecule has 0 bridgehead atoms. The van der Waals surface area contributed by atoms with Crippen LogP contribution in [0.3, 0.4) is 0 Å². The molecule has 24 heavy (non-hydrogen) atoms. The lowest BCUT2D eigenvalue weighted by Gasteiger charge is -2.31. The highest BCUT2D eigenvalue weighted by Gasteiger charge is 2.52. The Morgan fingerprint density at radius 2 is 1.83 bits per heavy atom. The van der Waals surface area contributed by atoms with Gasteiger partial charge < -0.3 is 4.74 Å². The molecular weight excluding hydrogens is 352 g/mol. The van der Waals surface area contributed by atoms with E-state index in [2.05, 4.69) is 9.84 Å². The molecule has 0 saturated carbocycles. The number of halogens is 8. The molecule has 1 aromatic heterocycles. The molecule has 0 fully saturated rings. The monoisotopic (exact) mass is 366 g/mol. The van der Waals surface area contributed by atoms with Gasteiger partial charge in [0.1, 0.15) is 6.10 Å². The SMILES string of the molecule is COC1c2c(C(F)(F)F)nn(CCCC(F)(F)F)c2CCC1(F)F. The topological polar surface area (TPSA) is 27.1 Å².